The highest BCUT2D eigenvalue weighted by Gasteiger charge is 2.15. The van der Waals surface area contributed by atoms with Crippen LogP contribution in [-0.2, 0) is 0 Å². The maximum absolute atomic E-state index is 13.5. The van der Waals surface area contributed by atoms with Crippen LogP contribution in [0.5, 0.6) is 0 Å². The third kappa shape index (κ3) is 2.50. The predicted molar refractivity (Wildman–Crippen MR) is 61.8 cm³/mol. The average Bonchev–Trinajstić information content (AvgIpc) is 2.79. The summed E-state index contributed by atoms with van der Waals surface area (Å²) in [7, 11) is 0. The number of hydrogen-bond acceptors (Lipinski definition) is 4. The number of nitrogens with zero attached hydrogens (tertiary/aromatic N) is 2. The fraction of sp³-hybridized carbons (Fsp3) is 0.333. The number of benzene rings is 1. The normalized spacial score (nSPS) is 12.6. The summed E-state index contributed by atoms with van der Waals surface area (Å²) in [4.78, 5) is 4.18. The molecule has 0 saturated heterocycles. The summed E-state index contributed by atoms with van der Waals surface area (Å²) < 4.78 is 18.6. The summed E-state index contributed by atoms with van der Waals surface area (Å²) in [5.41, 5.74) is 0.353. The monoisotopic (exact) mass is 235 g/mol. The number of aromatic nitrogens is 2. The lowest BCUT2D eigenvalue weighted by Crippen LogP contribution is -2.17. The smallest absolute Gasteiger partial charge is 0.243 e. The van der Waals surface area contributed by atoms with Crippen molar-refractivity contribution in [1.82, 2.24) is 15.5 Å². The first-order valence-electron chi connectivity index (χ1n) is 5.54. The first-order valence-corrected chi connectivity index (χ1v) is 5.54. The van der Waals surface area contributed by atoms with Crippen LogP contribution in [0.2, 0.25) is 0 Å². The molecule has 0 aliphatic rings. The molecule has 0 spiro atoms. The molecule has 0 saturated carbocycles. The molecule has 1 atom stereocenters. The zero-order chi connectivity index (χ0) is 12.3. The van der Waals surface area contributed by atoms with Crippen molar-refractivity contribution < 1.29 is 8.91 Å². The Balaban J connectivity index is 2.27. The number of hydrogen-bond donors (Lipinski definition) is 1. The Bertz CT molecular complexity index is 498. The number of halogens is 1. The zero-order valence-electron chi connectivity index (χ0n) is 9.77. The van der Waals surface area contributed by atoms with Gasteiger partial charge in [-0.15, -0.1) is 0 Å². The van der Waals surface area contributed by atoms with Crippen molar-refractivity contribution in [2.75, 3.05) is 6.54 Å². The largest absolute Gasteiger partial charge is 0.337 e. The highest BCUT2D eigenvalue weighted by Crippen LogP contribution is 2.21. The topological polar surface area (TPSA) is 51.0 Å². The molecule has 5 heteroatoms. The minimum atomic E-state index is -0.351. The van der Waals surface area contributed by atoms with Gasteiger partial charge in [-0.3, -0.25) is 0 Å². The Labute approximate surface area is 98.8 Å². The molecule has 2 rings (SSSR count). The maximum atomic E-state index is 13.5. The van der Waals surface area contributed by atoms with Gasteiger partial charge in [0.2, 0.25) is 11.7 Å². The minimum absolute atomic E-state index is 0.0342. The van der Waals surface area contributed by atoms with E-state index in [9.17, 15) is 4.39 Å². The van der Waals surface area contributed by atoms with Gasteiger partial charge in [-0.1, -0.05) is 24.2 Å². The second-order valence-corrected chi connectivity index (χ2v) is 3.72. The van der Waals surface area contributed by atoms with Crippen LogP contribution in [0.3, 0.4) is 0 Å². The lowest BCUT2D eigenvalue weighted by Gasteiger charge is -2.05. The van der Waals surface area contributed by atoms with E-state index < -0.39 is 0 Å². The Morgan fingerprint density at radius 1 is 1.41 bits per heavy atom. The molecule has 1 aromatic carbocycles. The molecule has 4 nitrogen and oxygen atoms in total. The van der Waals surface area contributed by atoms with Crippen molar-refractivity contribution >= 4 is 0 Å². The maximum Gasteiger partial charge on any atom is 0.243 e. The van der Waals surface area contributed by atoms with Crippen molar-refractivity contribution in [3.05, 3.63) is 36.0 Å². The molecular weight excluding hydrogens is 221 g/mol. The van der Waals surface area contributed by atoms with E-state index in [2.05, 4.69) is 15.5 Å². The first kappa shape index (κ1) is 11.7. The van der Waals surface area contributed by atoms with Crippen LogP contribution in [-0.4, -0.2) is 16.7 Å². The number of nitrogens with one attached hydrogen (secondary N) is 1. The minimum Gasteiger partial charge on any atom is -0.337 e. The van der Waals surface area contributed by atoms with E-state index in [1.165, 1.54) is 6.07 Å². The van der Waals surface area contributed by atoms with Gasteiger partial charge in [0.15, 0.2) is 0 Å². The van der Waals surface area contributed by atoms with Crippen LogP contribution in [0.4, 0.5) is 4.39 Å². The van der Waals surface area contributed by atoms with Gasteiger partial charge in [0.1, 0.15) is 5.82 Å². The van der Waals surface area contributed by atoms with Gasteiger partial charge in [0, 0.05) is 0 Å². The summed E-state index contributed by atoms with van der Waals surface area (Å²) in [6, 6.07) is 6.33. The van der Waals surface area contributed by atoms with Gasteiger partial charge in [0.05, 0.1) is 11.6 Å². The zero-order valence-corrected chi connectivity index (χ0v) is 9.77. The molecule has 0 fully saturated rings. The van der Waals surface area contributed by atoms with Gasteiger partial charge >= 0.3 is 0 Å². The second-order valence-electron chi connectivity index (χ2n) is 3.72. The van der Waals surface area contributed by atoms with Crippen molar-refractivity contribution in [3.8, 4) is 11.4 Å². The van der Waals surface area contributed by atoms with E-state index in [1.54, 1.807) is 18.2 Å². The second kappa shape index (κ2) is 5.05. The summed E-state index contributed by atoms with van der Waals surface area (Å²) >= 11 is 0. The molecule has 90 valence electrons. The molecule has 2 aromatic rings. The van der Waals surface area contributed by atoms with Gasteiger partial charge in [-0.05, 0) is 25.6 Å². The molecule has 1 heterocycles. The molecule has 0 radical (unpaired) electrons. The summed E-state index contributed by atoms with van der Waals surface area (Å²) in [6.07, 6.45) is 0. The fourth-order valence-electron chi connectivity index (χ4n) is 1.56. The molecule has 0 amide bonds. The molecule has 0 bridgehead atoms. The third-order valence-corrected chi connectivity index (χ3v) is 2.44. The number of rotatable bonds is 4. The molecule has 1 aromatic heterocycles. The quantitative estimate of drug-likeness (QED) is 0.884. The summed E-state index contributed by atoms with van der Waals surface area (Å²) in [5, 5.41) is 6.94. The Kier molecular flexibility index (Phi) is 3.49. The molecule has 17 heavy (non-hydrogen) atoms. The van der Waals surface area contributed by atoms with Crippen molar-refractivity contribution in [2.45, 2.75) is 19.9 Å². The lowest BCUT2D eigenvalue weighted by atomic mass is 10.2. The van der Waals surface area contributed by atoms with Gasteiger partial charge < -0.3 is 9.84 Å². The summed E-state index contributed by atoms with van der Waals surface area (Å²) in [6.45, 7) is 4.71. The van der Waals surface area contributed by atoms with Crippen LogP contribution in [0.1, 0.15) is 25.8 Å². The van der Waals surface area contributed by atoms with Crippen LogP contribution in [0, 0.1) is 5.82 Å². The van der Waals surface area contributed by atoms with Gasteiger partial charge in [-0.25, -0.2) is 4.39 Å². The van der Waals surface area contributed by atoms with E-state index in [1.807, 2.05) is 13.8 Å². The van der Waals surface area contributed by atoms with Crippen LogP contribution >= 0.6 is 0 Å². The van der Waals surface area contributed by atoms with E-state index in [-0.39, 0.29) is 17.7 Å². The van der Waals surface area contributed by atoms with E-state index in [0.29, 0.717) is 11.5 Å². The molecule has 1 N–H and O–H groups in total. The van der Waals surface area contributed by atoms with Crippen LogP contribution in [0.15, 0.2) is 28.8 Å². The van der Waals surface area contributed by atoms with Gasteiger partial charge in [0.25, 0.3) is 0 Å². The van der Waals surface area contributed by atoms with E-state index in [0.717, 1.165) is 6.54 Å². The Morgan fingerprint density at radius 3 is 2.88 bits per heavy atom. The molecule has 0 aliphatic heterocycles. The molecular formula is C12H14FN3O. The fourth-order valence-corrected chi connectivity index (χ4v) is 1.56. The van der Waals surface area contributed by atoms with E-state index in [4.69, 9.17) is 4.52 Å². The van der Waals surface area contributed by atoms with Crippen molar-refractivity contribution in [1.29, 1.82) is 0 Å². The highest BCUT2D eigenvalue weighted by atomic mass is 19.1. The summed E-state index contributed by atoms with van der Waals surface area (Å²) in [5.74, 6) is 0.393. The SMILES string of the molecule is CCNC(C)c1nc(-c2ccccc2F)no1. The van der Waals surface area contributed by atoms with Crippen LogP contribution in [0.25, 0.3) is 11.4 Å². The van der Waals surface area contributed by atoms with E-state index >= 15 is 0 Å². The Hall–Kier alpha value is -1.75. The highest BCUT2D eigenvalue weighted by molar-refractivity contribution is 5.54. The lowest BCUT2D eigenvalue weighted by molar-refractivity contribution is 0.342. The van der Waals surface area contributed by atoms with Crippen molar-refractivity contribution in [2.24, 2.45) is 0 Å². The van der Waals surface area contributed by atoms with Crippen LogP contribution < -0.4 is 5.32 Å². The Morgan fingerprint density at radius 2 is 2.18 bits per heavy atom. The van der Waals surface area contributed by atoms with Crippen molar-refractivity contribution in [3.63, 3.8) is 0 Å². The predicted octanol–water partition coefficient (Wildman–Crippen LogP) is 2.55. The van der Waals surface area contributed by atoms with Gasteiger partial charge in [-0.2, -0.15) is 4.98 Å². The molecule has 0 aliphatic carbocycles. The third-order valence-electron chi connectivity index (χ3n) is 2.44. The first-order chi connectivity index (χ1) is 8.22. The molecule has 1 unspecified atom stereocenters. The average molecular weight is 235 g/mol. The standard InChI is InChI=1S/C12H14FN3O/c1-3-14-8(2)12-15-11(16-17-12)9-6-4-5-7-10(9)13/h4-8,14H,3H2,1-2H3.